The quantitative estimate of drug-likeness (QED) is 0.745. The summed E-state index contributed by atoms with van der Waals surface area (Å²) in [5.74, 6) is 1.99. The Morgan fingerprint density at radius 2 is 1.67 bits per heavy atom. The van der Waals surface area contributed by atoms with Gasteiger partial charge in [-0.3, -0.25) is 4.79 Å². The molecule has 1 amide bonds. The minimum Gasteiger partial charge on any atom is -0.496 e. The topological polar surface area (TPSA) is 57.2 Å². The molecular formula is C21H25NO5. The second-order valence-corrected chi connectivity index (χ2v) is 6.25. The highest BCUT2D eigenvalue weighted by Gasteiger charge is 2.41. The van der Waals surface area contributed by atoms with Crippen molar-refractivity contribution in [1.29, 1.82) is 0 Å². The third-order valence-electron chi connectivity index (χ3n) is 4.55. The molecule has 1 saturated heterocycles. The van der Waals surface area contributed by atoms with Crippen molar-refractivity contribution in [1.82, 2.24) is 4.90 Å². The van der Waals surface area contributed by atoms with Crippen LogP contribution in [0.15, 0.2) is 42.5 Å². The Bertz CT molecular complexity index is 767. The van der Waals surface area contributed by atoms with Gasteiger partial charge in [0.2, 0.25) is 0 Å². The lowest BCUT2D eigenvalue weighted by Crippen LogP contribution is -2.30. The zero-order valence-corrected chi connectivity index (χ0v) is 16.1. The third-order valence-corrected chi connectivity index (χ3v) is 4.55. The van der Waals surface area contributed by atoms with Crippen molar-refractivity contribution >= 4 is 5.91 Å². The summed E-state index contributed by atoms with van der Waals surface area (Å²) in [6.45, 7) is 4.74. The molecule has 27 heavy (non-hydrogen) atoms. The molecule has 6 nitrogen and oxygen atoms in total. The van der Waals surface area contributed by atoms with E-state index in [-0.39, 0.29) is 5.91 Å². The van der Waals surface area contributed by atoms with E-state index < -0.39 is 12.3 Å². The number of methoxy groups -OCH3 is 2. The minimum atomic E-state index is -0.579. The molecule has 3 rings (SSSR count). The lowest BCUT2D eigenvalue weighted by Gasteiger charge is -2.26. The first kappa shape index (κ1) is 19.0. The number of benzene rings is 2. The smallest absolute Gasteiger partial charge is 0.254 e. The van der Waals surface area contributed by atoms with Gasteiger partial charge in [-0.2, -0.15) is 0 Å². The summed E-state index contributed by atoms with van der Waals surface area (Å²) < 4.78 is 22.5. The molecular weight excluding hydrogens is 346 g/mol. The molecule has 0 spiro atoms. The predicted octanol–water partition coefficient (Wildman–Crippen LogP) is 3.55. The average molecular weight is 371 g/mol. The van der Waals surface area contributed by atoms with Gasteiger partial charge in [0, 0.05) is 6.54 Å². The molecule has 0 radical (unpaired) electrons. The van der Waals surface area contributed by atoms with Gasteiger partial charge in [-0.15, -0.1) is 0 Å². The van der Waals surface area contributed by atoms with Gasteiger partial charge in [-0.1, -0.05) is 18.2 Å². The number of nitrogens with zero attached hydrogens (tertiary/aromatic N) is 1. The van der Waals surface area contributed by atoms with Gasteiger partial charge >= 0.3 is 0 Å². The fourth-order valence-electron chi connectivity index (χ4n) is 3.24. The largest absolute Gasteiger partial charge is 0.496 e. The summed E-state index contributed by atoms with van der Waals surface area (Å²) in [4.78, 5) is 14.5. The Hall–Kier alpha value is -2.73. The molecule has 2 atom stereocenters. The van der Waals surface area contributed by atoms with Crippen LogP contribution in [-0.2, 0) is 16.1 Å². The molecule has 0 N–H and O–H groups in total. The van der Waals surface area contributed by atoms with Crippen LogP contribution in [0.3, 0.4) is 0 Å². The van der Waals surface area contributed by atoms with Gasteiger partial charge < -0.3 is 23.8 Å². The van der Waals surface area contributed by atoms with E-state index in [1.165, 1.54) is 0 Å². The van der Waals surface area contributed by atoms with Crippen molar-refractivity contribution in [3.63, 3.8) is 0 Å². The molecule has 0 aliphatic carbocycles. The van der Waals surface area contributed by atoms with E-state index in [4.69, 9.17) is 18.9 Å². The fourth-order valence-corrected chi connectivity index (χ4v) is 3.24. The van der Waals surface area contributed by atoms with Gasteiger partial charge in [0.25, 0.3) is 5.91 Å². The molecule has 1 fully saturated rings. The number of carbonyl (C=O) groups is 1. The van der Waals surface area contributed by atoms with Crippen LogP contribution in [0.2, 0.25) is 0 Å². The molecule has 0 aromatic heterocycles. The van der Waals surface area contributed by atoms with Crippen LogP contribution in [0.25, 0.3) is 0 Å². The number of amides is 1. The first-order chi connectivity index (χ1) is 13.1. The lowest BCUT2D eigenvalue weighted by molar-refractivity contribution is -0.130. The van der Waals surface area contributed by atoms with Crippen molar-refractivity contribution in [2.75, 3.05) is 20.8 Å². The molecule has 1 aliphatic rings. The first-order valence-electron chi connectivity index (χ1n) is 8.97. The highest BCUT2D eigenvalue weighted by molar-refractivity contribution is 5.83. The maximum atomic E-state index is 12.8. The maximum Gasteiger partial charge on any atom is 0.254 e. The summed E-state index contributed by atoms with van der Waals surface area (Å²) in [6.07, 6.45) is -1.11. The van der Waals surface area contributed by atoms with Gasteiger partial charge in [0.05, 0.1) is 26.4 Å². The summed E-state index contributed by atoms with van der Waals surface area (Å²) in [5.41, 5.74) is 1.70. The molecule has 6 heteroatoms. The number of carbonyl (C=O) groups excluding carboxylic acids is 1. The van der Waals surface area contributed by atoms with E-state index >= 15 is 0 Å². The minimum absolute atomic E-state index is 0.0677. The highest BCUT2D eigenvalue weighted by atomic mass is 16.5. The van der Waals surface area contributed by atoms with Crippen LogP contribution in [-0.4, -0.2) is 37.7 Å². The molecule has 2 aromatic rings. The van der Waals surface area contributed by atoms with E-state index in [1.807, 2.05) is 49.4 Å². The van der Waals surface area contributed by atoms with E-state index in [0.717, 1.165) is 11.3 Å². The zero-order chi connectivity index (χ0) is 19.4. The van der Waals surface area contributed by atoms with Crippen LogP contribution >= 0.6 is 0 Å². The van der Waals surface area contributed by atoms with Gasteiger partial charge in [0.15, 0.2) is 6.23 Å². The predicted molar refractivity (Wildman–Crippen MR) is 101 cm³/mol. The SMILES string of the molecule is CCOc1ccc(CN2C(=O)C(C)OC2c2c(OC)cccc2OC)cc1. The van der Waals surface area contributed by atoms with Crippen LogP contribution in [0.1, 0.15) is 31.2 Å². The van der Waals surface area contributed by atoms with Crippen LogP contribution in [0.4, 0.5) is 0 Å². The second-order valence-electron chi connectivity index (χ2n) is 6.25. The Balaban J connectivity index is 1.92. The monoisotopic (exact) mass is 371 g/mol. The van der Waals surface area contributed by atoms with Crippen molar-refractivity contribution in [3.8, 4) is 17.2 Å². The number of hydrogen-bond donors (Lipinski definition) is 0. The second kappa shape index (κ2) is 8.31. The molecule has 1 aliphatic heterocycles. The molecule has 1 heterocycles. The van der Waals surface area contributed by atoms with E-state index in [9.17, 15) is 4.79 Å². The van der Waals surface area contributed by atoms with Crippen molar-refractivity contribution in [2.24, 2.45) is 0 Å². The Morgan fingerprint density at radius 1 is 1.04 bits per heavy atom. The normalized spacial score (nSPS) is 19.3. The van der Waals surface area contributed by atoms with Crippen LogP contribution < -0.4 is 14.2 Å². The van der Waals surface area contributed by atoms with E-state index in [0.29, 0.717) is 30.2 Å². The molecule has 0 bridgehead atoms. The lowest BCUT2D eigenvalue weighted by atomic mass is 10.1. The van der Waals surface area contributed by atoms with Crippen molar-refractivity contribution in [3.05, 3.63) is 53.6 Å². The van der Waals surface area contributed by atoms with E-state index in [2.05, 4.69) is 0 Å². The fraction of sp³-hybridized carbons (Fsp3) is 0.381. The van der Waals surface area contributed by atoms with Gasteiger partial charge in [0.1, 0.15) is 23.4 Å². The van der Waals surface area contributed by atoms with E-state index in [1.54, 1.807) is 26.0 Å². The van der Waals surface area contributed by atoms with Gasteiger partial charge in [-0.25, -0.2) is 0 Å². The molecule has 2 aromatic carbocycles. The number of hydrogen-bond acceptors (Lipinski definition) is 5. The summed E-state index contributed by atoms with van der Waals surface area (Å²) in [6, 6.07) is 13.2. The van der Waals surface area contributed by atoms with Crippen molar-refractivity contribution < 1.29 is 23.7 Å². The Morgan fingerprint density at radius 3 is 2.22 bits per heavy atom. The maximum absolute atomic E-state index is 12.8. The standard InChI is InChI=1S/C21H25NO5/c1-5-26-16-11-9-15(10-12-16)13-22-20(23)14(2)27-21(22)19-17(24-3)7-6-8-18(19)25-4/h6-12,14,21H,5,13H2,1-4H3. The van der Waals surface area contributed by atoms with Gasteiger partial charge in [-0.05, 0) is 43.7 Å². The number of ether oxygens (including phenoxy) is 4. The summed E-state index contributed by atoms with van der Waals surface area (Å²) in [5, 5.41) is 0. The Kier molecular flexibility index (Phi) is 5.86. The molecule has 2 unspecified atom stereocenters. The Labute approximate surface area is 159 Å². The third kappa shape index (κ3) is 3.85. The highest BCUT2D eigenvalue weighted by Crippen LogP contribution is 2.42. The summed E-state index contributed by atoms with van der Waals surface area (Å²) >= 11 is 0. The number of rotatable bonds is 7. The van der Waals surface area contributed by atoms with Crippen molar-refractivity contribution in [2.45, 2.75) is 32.7 Å². The zero-order valence-electron chi connectivity index (χ0n) is 16.1. The van der Waals surface area contributed by atoms with Crippen LogP contribution in [0, 0.1) is 0 Å². The first-order valence-corrected chi connectivity index (χ1v) is 8.97. The summed E-state index contributed by atoms with van der Waals surface area (Å²) in [7, 11) is 3.19. The molecule has 0 saturated carbocycles. The molecule has 144 valence electrons. The van der Waals surface area contributed by atoms with Crippen LogP contribution in [0.5, 0.6) is 17.2 Å². The average Bonchev–Trinajstić information content (AvgIpc) is 2.97.